The molecule has 0 radical (unpaired) electrons. The van der Waals surface area contributed by atoms with Gasteiger partial charge in [-0.3, -0.25) is 9.59 Å². The first-order valence-corrected chi connectivity index (χ1v) is 10.9. The van der Waals surface area contributed by atoms with E-state index < -0.39 is 17.6 Å². The van der Waals surface area contributed by atoms with Crippen molar-refractivity contribution in [2.75, 3.05) is 17.2 Å². The van der Waals surface area contributed by atoms with E-state index in [4.69, 9.17) is 4.74 Å². The fourth-order valence-electron chi connectivity index (χ4n) is 3.19. The van der Waals surface area contributed by atoms with Crippen LogP contribution >= 0.6 is 0 Å². The van der Waals surface area contributed by atoms with Crippen molar-refractivity contribution in [2.45, 2.75) is 32.4 Å². The molecule has 178 valence electrons. The molecule has 0 aliphatic rings. The zero-order valence-electron chi connectivity index (χ0n) is 18.6. The number of hydrogen-bond donors (Lipinski definition) is 2. The molecule has 3 aromatic carbocycles. The van der Waals surface area contributed by atoms with Crippen LogP contribution in [-0.4, -0.2) is 18.4 Å². The van der Waals surface area contributed by atoms with Crippen LogP contribution in [-0.2, 0) is 6.18 Å². The highest BCUT2D eigenvalue weighted by Crippen LogP contribution is 2.30. The molecule has 3 rings (SSSR count). The van der Waals surface area contributed by atoms with Crippen LogP contribution in [0.15, 0.2) is 72.8 Å². The second-order valence-electron chi connectivity index (χ2n) is 7.62. The lowest BCUT2D eigenvalue weighted by atomic mass is 10.1. The van der Waals surface area contributed by atoms with Gasteiger partial charge in [0.2, 0.25) is 0 Å². The third-order valence-electron chi connectivity index (χ3n) is 4.99. The Balaban J connectivity index is 1.63. The zero-order chi connectivity index (χ0) is 24.6. The molecule has 3 aromatic rings. The molecule has 0 aromatic heterocycles. The van der Waals surface area contributed by atoms with Crippen molar-refractivity contribution in [3.8, 4) is 5.75 Å². The number of amides is 2. The normalized spacial score (nSPS) is 11.1. The number of carbonyl (C=O) groups excluding carboxylic acids is 2. The minimum atomic E-state index is -4.50. The Hall–Kier alpha value is -3.81. The Morgan fingerprint density at radius 3 is 2.24 bits per heavy atom. The van der Waals surface area contributed by atoms with Gasteiger partial charge >= 0.3 is 6.18 Å². The van der Waals surface area contributed by atoms with E-state index in [-0.39, 0.29) is 17.2 Å². The predicted molar refractivity (Wildman–Crippen MR) is 125 cm³/mol. The van der Waals surface area contributed by atoms with Crippen LogP contribution in [0.3, 0.4) is 0 Å². The third kappa shape index (κ3) is 6.84. The number of unbranched alkanes of at least 4 members (excludes halogenated alkanes) is 2. The molecule has 0 unspecified atom stereocenters. The van der Waals surface area contributed by atoms with E-state index in [0.717, 1.165) is 31.4 Å². The van der Waals surface area contributed by atoms with E-state index in [1.165, 1.54) is 24.3 Å². The summed E-state index contributed by atoms with van der Waals surface area (Å²) in [5.41, 5.74) is 0.271. The van der Waals surface area contributed by atoms with Crippen LogP contribution in [0.5, 0.6) is 5.75 Å². The van der Waals surface area contributed by atoms with Gasteiger partial charge in [-0.1, -0.05) is 38.0 Å². The topological polar surface area (TPSA) is 67.4 Å². The molecule has 0 aliphatic heterocycles. The molecule has 5 nitrogen and oxygen atoms in total. The van der Waals surface area contributed by atoms with Crippen LogP contribution in [0.4, 0.5) is 24.5 Å². The largest absolute Gasteiger partial charge is 0.493 e. The van der Waals surface area contributed by atoms with Crippen molar-refractivity contribution < 1.29 is 27.5 Å². The molecule has 0 saturated heterocycles. The molecule has 0 atom stereocenters. The Morgan fingerprint density at radius 1 is 0.824 bits per heavy atom. The highest BCUT2D eigenvalue weighted by Gasteiger charge is 2.30. The van der Waals surface area contributed by atoms with Gasteiger partial charge in [0.1, 0.15) is 5.75 Å². The fourth-order valence-corrected chi connectivity index (χ4v) is 3.19. The summed E-state index contributed by atoms with van der Waals surface area (Å²) in [4.78, 5) is 25.2. The number of alkyl halides is 3. The SMILES string of the molecule is CCCCCOc1ccccc1C(=O)Nc1ccc(C(=O)Nc2cccc(C(F)(F)F)c2)cc1. The third-order valence-corrected chi connectivity index (χ3v) is 4.99. The number of para-hydroxylation sites is 1. The Bertz CT molecular complexity index is 1130. The van der Waals surface area contributed by atoms with Gasteiger partial charge in [-0.2, -0.15) is 13.2 Å². The lowest BCUT2D eigenvalue weighted by Gasteiger charge is -2.12. The molecular weight excluding hydrogens is 445 g/mol. The van der Waals surface area contributed by atoms with Crippen LogP contribution in [0.25, 0.3) is 0 Å². The minimum absolute atomic E-state index is 0.0350. The van der Waals surface area contributed by atoms with Crippen molar-refractivity contribution in [1.82, 2.24) is 0 Å². The average Bonchev–Trinajstić information content (AvgIpc) is 2.82. The summed E-state index contributed by atoms with van der Waals surface area (Å²) in [5.74, 6) is -0.427. The second-order valence-corrected chi connectivity index (χ2v) is 7.62. The zero-order valence-corrected chi connectivity index (χ0v) is 18.6. The van der Waals surface area contributed by atoms with Crippen LogP contribution in [0, 0.1) is 0 Å². The summed E-state index contributed by atoms with van der Waals surface area (Å²) in [6, 6.07) is 17.4. The van der Waals surface area contributed by atoms with Crippen LogP contribution in [0.2, 0.25) is 0 Å². The molecule has 34 heavy (non-hydrogen) atoms. The molecule has 0 bridgehead atoms. The maximum atomic E-state index is 12.9. The van der Waals surface area contributed by atoms with Gasteiger partial charge < -0.3 is 15.4 Å². The van der Waals surface area contributed by atoms with Gasteiger partial charge in [0.15, 0.2) is 0 Å². The molecule has 0 spiro atoms. The summed E-state index contributed by atoms with van der Waals surface area (Å²) in [5, 5.41) is 5.21. The molecule has 0 heterocycles. The van der Waals surface area contributed by atoms with Crippen molar-refractivity contribution in [3.05, 3.63) is 89.5 Å². The number of benzene rings is 3. The minimum Gasteiger partial charge on any atom is -0.493 e. The first-order valence-electron chi connectivity index (χ1n) is 10.9. The first kappa shape index (κ1) is 24.8. The molecule has 2 N–H and O–H groups in total. The number of ether oxygens (including phenoxy) is 1. The number of rotatable bonds is 9. The van der Waals surface area contributed by atoms with Gasteiger partial charge in [0.25, 0.3) is 11.8 Å². The summed E-state index contributed by atoms with van der Waals surface area (Å²) in [7, 11) is 0. The van der Waals surface area contributed by atoms with Crippen LogP contribution < -0.4 is 15.4 Å². The van der Waals surface area contributed by atoms with E-state index in [1.54, 1.807) is 36.4 Å². The van der Waals surface area contributed by atoms with Gasteiger partial charge in [-0.25, -0.2) is 0 Å². The van der Waals surface area contributed by atoms with Crippen molar-refractivity contribution >= 4 is 23.2 Å². The Kier molecular flexibility index (Phi) is 8.29. The van der Waals surface area contributed by atoms with Crippen molar-refractivity contribution in [3.63, 3.8) is 0 Å². The van der Waals surface area contributed by atoms with Crippen molar-refractivity contribution in [1.29, 1.82) is 0 Å². The highest BCUT2D eigenvalue weighted by molar-refractivity contribution is 6.07. The van der Waals surface area contributed by atoms with Gasteiger partial charge in [-0.05, 0) is 61.0 Å². The fraction of sp³-hybridized carbons (Fsp3) is 0.231. The summed E-state index contributed by atoms with van der Waals surface area (Å²) in [6.45, 7) is 2.62. The molecule has 0 aliphatic carbocycles. The number of carbonyl (C=O) groups is 2. The van der Waals surface area contributed by atoms with Gasteiger partial charge in [0.05, 0.1) is 17.7 Å². The monoisotopic (exact) mass is 470 g/mol. The molecular formula is C26H25F3N2O3. The maximum absolute atomic E-state index is 12.9. The lowest BCUT2D eigenvalue weighted by molar-refractivity contribution is -0.137. The van der Waals surface area contributed by atoms with E-state index in [9.17, 15) is 22.8 Å². The van der Waals surface area contributed by atoms with E-state index >= 15 is 0 Å². The summed E-state index contributed by atoms with van der Waals surface area (Å²) in [6.07, 6.45) is -1.49. The number of halogens is 3. The number of anilines is 2. The smallest absolute Gasteiger partial charge is 0.416 e. The molecule has 2 amide bonds. The van der Waals surface area contributed by atoms with E-state index in [2.05, 4.69) is 17.6 Å². The first-order chi connectivity index (χ1) is 16.3. The molecule has 8 heteroatoms. The molecule has 0 fully saturated rings. The predicted octanol–water partition coefficient (Wildman–Crippen LogP) is 6.78. The molecule has 0 saturated carbocycles. The second kappa shape index (κ2) is 11.4. The summed E-state index contributed by atoms with van der Waals surface area (Å²) < 4.78 is 44.3. The van der Waals surface area contributed by atoms with Crippen LogP contribution in [0.1, 0.15) is 52.5 Å². The average molecular weight is 470 g/mol. The quantitative estimate of drug-likeness (QED) is 0.339. The summed E-state index contributed by atoms with van der Waals surface area (Å²) >= 11 is 0. The maximum Gasteiger partial charge on any atom is 0.416 e. The Morgan fingerprint density at radius 2 is 1.53 bits per heavy atom. The van der Waals surface area contributed by atoms with E-state index in [0.29, 0.717) is 23.6 Å². The standard InChI is InChI=1S/C26H25F3N2O3/c1-2-3-6-16-34-23-11-5-4-10-22(23)25(33)30-20-14-12-18(13-15-20)24(32)31-21-9-7-8-19(17-21)26(27,28)29/h4-5,7-15,17H,2-3,6,16H2,1H3,(H,30,33)(H,31,32). The number of nitrogens with one attached hydrogen (secondary N) is 2. The Labute approximate surface area is 195 Å². The number of hydrogen-bond acceptors (Lipinski definition) is 3. The van der Waals surface area contributed by atoms with Gasteiger partial charge in [0, 0.05) is 16.9 Å². The van der Waals surface area contributed by atoms with Gasteiger partial charge in [-0.15, -0.1) is 0 Å². The highest BCUT2D eigenvalue weighted by atomic mass is 19.4. The van der Waals surface area contributed by atoms with E-state index in [1.807, 2.05) is 0 Å². The lowest BCUT2D eigenvalue weighted by Crippen LogP contribution is -2.15. The van der Waals surface area contributed by atoms with Crippen molar-refractivity contribution in [2.24, 2.45) is 0 Å².